The van der Waals surface area contributed by atoms with Crippen molar-refractivity contribution in [2.45, 2.75) is 13.5 Å². The zero-order chi connectivity index (χ0) is 14.1. The molecule has 0 fully saturated rings. The number of halogens is 2. The van der Waals surface area contributed by atoms with Gasteiger partial charge < -0.3 is 9.72 Å². The number of aromatic nitrogens is 3. The maximum absolute atomic E-state index is 12.4. The van der Waals surface area contributed by atoms with Crippen LogP contribution in [0.2, 0.25) is 0 Å². The summed E-state index contributed by atoms with van der Waals surface area (Å²) < 4.78 is 29.4. The van der Waals surface area contributed by atoms with E-state index in [1.807, 2.05) is 13.0 Å². The number of aryl methyl sites for hydroxylation is 1. The molecule has 0 saturated carbocycles. The van der Waals surface area contributed by atoms with Crippen molar-refractivity contribution in [3.63, 3.8) is 0 Å². The van der Waals surface area contributed by atoms with Crippen molar-refractivity contribution in [2.75, 3.05) is 0 Å². The summed E-state index contributed by atoms with van der Waals surface area (Å²) in [6.07, 6.45) is 1.66. The third-order valence-corrected chi connectivity index (χ3v) is 2.96. The maximum Gasteiger partial charge on any atom is 0.387 e. The molecule has 0 unspecified atom stereocenters. The lowest BCUT2D eigenvalue weighted by Crippen LogP contribution is -2.03. The summed E-state index contributed by atoms with van der Waals surface area (Å²) in [4.78, 5) is 11.6. The average molecular weight is 275 g/mol. The molecular formula is C14H11F2N3O. The Labute approximate surface area is 113 Å². The Hall–Kier alpha value is -2.50. The van der Waals surface area contributed by atoms with E-state index in [0.29, 0.717) is 17.0 Å². The Morgan fingerprint density at radius 1 is 1.20 bits per heavy atom. The Morgan fingerprint density at radius 3 is 2.75 bits per heavy atom. The van der Waals surface area contributed by atoms with E-state index in [0.717, 1.165) is 11.1 Å². The summed E-state index contributed by atoms with van der Waals surface area (Å²) in [7, 11) is 0. The first kappa shape index (κ1) is 12.5. The minimum atomic E-state index is -2.87. The largest absolute Gasteiger partial charge is 0.434 e. The van der Waals surface area contributed by atoms with Crippen LogP contribution in [0.1, 0.15) is 5.56 Å². The van der Waals surface area contributed by atoms with Crippen LogP contribution < -0.4 is 4.74 Å². The van der Waals surface area contributed by atoms with Gasteiger partial charge in [-0.3, -0.25) is 0 Å². The highest BCUT2D eigenvalue weighted by Gasteiger charge is 2.14. The topological polar surface area (TPSA) is 50.8 Å². The number of benzene rings is 1. The summed E-state index contributed by atoms with van der Waals surface area (Å²) in [6, 6.07) is 8.38. The van der Waals surface area contributed by atoms with Crippen molar-refractivity contribution in [3.05, 3.63) is 42.1 Å². The first-order valence-electron chi connectivity index (χ1n) is 6.00. The summed E-state index contributed by atoms with van der Waals surface area (Å²) in [5.41, 5.74) is 2.80. The fraction of sp³-hybridized carbons (Fsp3) is 0.143. The van der Waals surface area contributed by atoms with Crippen molar-refractivity contribution in [2.24, 2.45) is 0 Å². The first-order valence-corrected chi connectivity index (χ1v) is 6.00. The molecule has 1 aromatic carbocycles. The lowest BCUT2D eigenvalue weighted by atomic mass is 10.2. The Bertz CT molecular complexity index is 755. The van der Waals surface area contributed by atoms with E-state index in [9.17, 15) is 8.78 Å². The fourth-order valence-corrected chi connectivity index (χ4v) is 2.02. The predicted octanol–water partition coefficient (Wildman–Crippen LogP) is 3.53. The van der Waals surface area contributed by atoms with E-state index in [-0.39, 0.29) is 5.75 Å². The van der Waals surface area contributed by atoms with E-state index in [4.69, 9.17) is 0 Å². The monoisotopic (exact) mass is 275 g/mol. The van der Waals surface area contributed by atoms with Crippen molar-refractivity contribution in [1.82, 2.24) is 15.0 Å². The van der Waals surface area contributed by atoms with Crippen molar-refractivity contribution in [3.8, 4) is 17.1 Å². The molecule has 0 bridgehead atoms. The minimum Gasteiger partial charge on any atom is -0.434 e. The van der Waals surface area contributed by atoms with Gasteiger partial charge in [-0.2, -0.15) is 8.78 Å². The second-order valence-electron chi connectivity index (χ2n) is 4.29. The van der Waals surface area contributed by atoms with Gasteiger partial charge in [-0.1, -0.05) is 12.1 Å². The molecule has 0 aliphatic rings. The third-order valence-electron chi connectivity index (χ3n) is 2.96. The van der Waals surface area contributed by atoms with Gasteiger partial charge in [0.05, 0.1) is 11.1 Å². The molecular weight excluding hydrogens is 264 g/mol. The number of rotatable bonds is 3. The van der Waals surface area contributed by atoms with Crippen LogP contribution in [0.5, 0.6) is 5.75 Å². The summed E-state index contributed by atoms with van der Waals surface area (Å²) in [6.45, 7) is -0.950. The summed E-state index contributed by atoms with van der Waals surface area (Å²) in [5.74, 6) is 0.539. The van der Waals surface area contributed by atoms with E-state index in [1.54, 1.807) is 24.4 Å². The molecule has 0 aliphatic heterocycles. The van der Waals surface area contributed by atoms with Crippen molar-refractivity contribution < 1.29 is 13.5 Å². The minimum absolute atomic E-state index is 0.0826. The smallest absolute Gasteiger partial charge is 0.387 e. The van der Waals surface area contributed by atoms with Crippen molar-refractivity contribution in [1.29, 1.82) is 0 Å². The fourth-order valence-electron chi connectivity index (χ4n) is 2.02. The Morgan fingerprint density at radius 2 is 2.00 bits per heavy atom. The molecule has 0 saturated heterocycles. The van der Waals surface area contributed by atoms with Gasteiger partial charge in [0.1, 0.15) is 11.6 Å². The molecule has 1 N–H and O–H groups in total. The van der Waals surface area contributed by atoms with Gasteiger partial charge in [-0.15, -0.1) is 0 Å². The Kier molecular flexibility index (Phi) is 3.06. The van der Waals surface area contributed by atoms with Gasteiger partial charge in [-0.05, 0) is 30.7 Å². The van der Waals surface area contributed by atoms with Gasteiger partial charge in [-0.25, -0.2) is 9.97 Å². The summed E-state index contributed by atoms with van der Waals surface area (Å²) >= 11 is 0. The van der Waals surface area contributed by atoms with Crippen LogP contribution in [0, 0.1) is 6.92 Å². The number of hydrogen-bond donors (Lipinski definition) is 1. The molecule has 0 radical (unpaired) electrons. The molecule has 4 nitrogen and oxygen atoms in total. The number of para-hydroxylation sites is 1. The van der Waals surface area contributed by atoms with Crippen LogP contribution in [0.4, 0.5) is 8.78 Å². The van der Waals surface area contributed by atoms with Crippen LogP contribution in [-0.2, 0) is 0 Å². The quantitative estimate of drug-likeness (QED) is 0.795. The second-order valence-corrected chi connectivity index (χ2v) is 4.29. The molecule has 20 heavy (non-hydrogen) atoms. The van der Waals surface area contributed by atoms with E-state index < -0.39 is 6.61 Å². The van der Waals surface area contributed by atoms with Gasteiger partial charge in [0.15, 0.2) is 5.65 Å². The molecule has 2 heterocycles. The van der Waals surface area contributed by atoms with Gasteiger partial charge in [0.25, 0.3) is 0 Å². The van der Waals surface area contributed by atoms with Crippen LogP contribution in [0.3, 0.4) is 0 Å². The molecule has 0 atom stereocenters. The molecule has 0 spiro atoms. The average Bonchev–Trinajstić information content (AvgIpc) is 2.84. The highest BCUT2D eigenvalue weighted by atomic mass is 19.3. The van der Waals surface area contributed by atoms with Gasteiger partial charge in [0.2, 0.25) is 0 Å². The van der Waals surface area contributed by atoms with Crippen LogP contribution in [0.25, 0.3) is 22.6 Å². The molecule has 3 aromatic rings. The van der Waals surface area contributed by atoms with Crippen LogP contribution >= 0.6 is 0 Å². The number of H-pyrrole nitrogens is 1. The van der Waals surface area contributed by atoms with E-state index in [1.165, 1.54) is 6.07 Å². The molecule has 2 aromatic heterocycles. The number of imidazole rings is 1. The van der Waals surface area contributed by atoms with E-state index >= 15 is 0 Å². The molecule has 0 aliphatic carbocycles. The number of alkyl halides is 2. The van der Waals surface area contributed by atoms with Gasteiger partial charge in [0, 0.05) is 6.20 Å². The van der Waals surface area contributed by atoms with E-state index in [2.05, 4.69) is 19.7 Å². The number of nitrogens with zero attached hydrogens (tertiary/aromatic N) is 2. The molecule has 102 valence electrons. The molecule has 6 heteroatoms. The third kappa shape index (κ3) is 2.20. The normalized spacial score (nSPS) is 11.2. The zero-order valence-corrected chi connectivity index (χ0v) is 10.6. The van der Waals surface area contributed by atoms with Crippen LogP contribution in [-0.4, -0.2) is 21.6 Å². The van der Waals surface area contributed by atoms with Gasteiger partial charge >= 0.3 is 6.61 Å². The Balaban J connectivity index is 2.13. The highest BCUT2D eigenvalue weighted by molar-refractivity contribution is 5.80. The number of nitrogens with one attached hydrogen (secondary N) is 1. The molecule has 0 amide bonds. The zero-order valence-electron chi connectivity index (χ0n) is 10.6. The molecule has 3 rings (SSSR count). The second kappa shape index (κ2) is 4.88. The first-order chi connectivity index (χ1) is 9.65. The van der Waals surface area contributed by atoms with Crippen molar-refractivity contribution >= 4 is 11.2 Å². The standard InChI is InChI=1S/C14H11F2N3O/c1-8-6-7-17-13-11(8)18-12(19-13)9-4-2-3-5-10(9)20-14(15)16/h2-7,14H,1H3,(H,17,18,19). The SMILES string of the molecule is Cc1ccnc2nc(-c3ccccc3OC(F)F)[nH]c12. The number of aromatic amines is 1. The number of ether oxygens (including phenoxy) is 1. The highest BCUT2D eigenvalue weighted by Crippen LogP contribution is 2.30. The number of pyridine rings is 1. The lowest BCUT2D eigenvalue weighted by Gasteiger charge is -2.08. The predicted molar refractivity (Wildman–Crippen MR) is 70.7 cm³/mol. The number of hydrogen-bond acceptors (Lipinski definition) is 3. The maximum atomic E-state index is 12.4. The lowest BCUT2D eigenvalue weighted by molar-refractivity contribution is -0.0494. The summed E-state index contributed by atoms with van der Waals surface area (Å²) in [5, 5.41) is 0. The van der Waals surface area contributed by atoms with Crippen LogP contribution in [0.15, 0.2) is 36.5 Å². The number of fused-ring (bicyclic) bond motifs is 1.